The van der Waals surface area contributed by atoms with Crippen LogP contribution in [-0.4, -0.2) is 13.0 Å². The van der Waals surface area contributed by atoms with Gasteiger partial charge in [-0.25, -0.2) is 0 Å². The molecule has 0 aliphatic rings. The number of rotatable bonds is 5. The number of hydrogen-bond donors (Lipinski definition) is 2. The molecule has 1 unspecified atom stereocenters. The van der Waals surface area contributed by atoms with E-state index in [9.17, 15) is 4.79 Å². The summed E-state index contributed by atoms with van der Waals surface area (Å²) in [5.41, 5.74) is 1.38. The first-order valence-corrected chi connectivity index (χ1v) is 7.73. The van der Waals surface area contributed by atoms with Crippen molar-refractivity contribution in [1.29, 1.82) is 0 Å². The summed E-state index contributed by atoms with van der Waals surface area (Å²) in [6.07, 6.45) is 0.945. The molecule has 3 nitrogen and oxygen atoms in total. The molecule has 1 heterocycles. The van der Waals surface area contributed by atoms with Gasteiger partial charge in [0.15, 0.2) is 0 Å². The predicted octanol–water partition coefficient (Wildman–Crippen LogP) is 4.32. The third kappa shape index (κ3) is 3.32. The van der Waals surface area contributed by atoms with E-state index < -0.39 is 0 Å². The summed E-state index contributed by atoms with van der Waals surface area (Å²) in [6, 6.07) is 9.59. The standard InChI is InChI=1S/C15H17ClN2OS/c1-3-12(14-5-4-8-20-14)18-13-9-10(15(19)17-2)6-7-11(13)16/h4-9,12,18H,3H2,1-2H3,(H,17,19). The number of thiophene rings is 1. The highest BCUT2D eigenvalue weighted by atomic mass is 35.5. The fourth-order valence-corrected chi connectivity index (χ4v) is 3.01. The monoisotopic (exact) mass is 308 g/mol. The maximum Gasteiger partial charge on any atom is 0.251 e. The van der Waals surface area contributed by atoms with Crippen LogP contribution >= 0.6 is 22.9 Å². The minimum Gasteiger partial charge on any atom is -0.376 e. The van der Waals surface area contributed by atoms with Crippen molar-refractivity contribution in [3.8, 4) is 0 Å². The zero-order chi connectivity index (χ0) is 14.5. The highest BCUT2D eigenvalue weighted by molar-refractivity contribution is 7.10. The van der Waals surface area contributed by atoms with Gasteiger partial charge in [-0.05, 0) is 36.1 Å². The highest BCUT2D eigenvalue weighted by Crippen LogP contribution is 2.30. The summed E-state index contributed by atoms with van der Waals surface area (Å²) in [5.74, 6) is -0.117. The minimum absolute atomic E-state index is 0.117. The number of amides is 1. The van der Waals surface area contributed by atoms with Gasteiger partial charge in [0.2, 0.25) is 0 Å². The van der Waals surface area contributed by atoms with Gasteiger partial charge in [-0.15, -0.1) is 11.3 Å². The first-order chi connectivity index (χ1) is 9.65. The molecule has 20 heavy (non-hydrogen) atoms. The van der Waals surface area contributed by atoms with Crippen molar-refractivity contribution in [3.05, 3.63) is 51.2 Å². The molecule has 1 aromatic heterocycles. The van der Waals surface area contributed by atoms with Crippen molar-refractivity contribution >= 4 is 34.5 Å². The number of nitrogens with one attached hydrogen (secondary N) is 2. The first-order valence-electron chi connectivity index (χ1n) is 6.47. The molecule has 1 aromatic carbocycles. The number of hydrogen-bond acceptors (Lipinski definition) is 3. The van der Waals surface area contributed by atoms with Crippen molar-refractivity contribution in [2.45, 2.75) is 19.4 Å². The van der Waals surface area contributed by atoms with E-state index in [-0.39, 0.29) is 11.9 Å². The second-order valence-electron chi connectivity index (χ2n) is 4.39. The summed E-state index contributed by atoms with van der Waals surface area (Å²) in [7, 11) is 1.62. The van der Waals surface area contributed by atoms with Gasteiger partial charge in [0, 0.05) is 17.5 Å². The Hall–Kier alpha value is -1.52. The van der Waals surface area contributed by atoms with Gasteiger partial charge in [-0.3, -0.25) is 4.79 Å². The Bertz CT molecular complexity index is 584. The van der Waals surface area contributed by atoms with E-state index in [1.807, 2.05) is 6.07 Å². The SMILES string of the molecule is CCC(Nc1cc(C(=O)NC)ccc1Cl)c1cccs1. The van der Waals surface area contributed by atoms with Crippen LogP contribution < -0.4 is 10.6 Å². The molecule has 0 aliphatic carbocycles. The lowest BCUT2D eigenvalue weighted by Gasteiger charge is -2.18. The molecule has 0 fully saturated rings. The largest absolute Gasteiger partial charge is 0.376 e. The molecule has 1 atom stereocenters. The topological polar surface area (TPSA) is 41.1 Å². The van der Waals surface area contributed by atoms with Crippen LogP contribution in [0.15, 0.2) is 35.7 Å². The summed E-state index contributed by atoms with van der Waals surface area (Å²) in [6.45, 7) is 2.12. The molecule has 2 rings (SSSR count). The minimum atomic E-state index is -0.117. The zero-order valence-corrected chi connectivity index (χ0v) is 13.0. The number of carbonyl (C=O) groups excluding carboxylic acids is 1. The molecule has 106 valence electrons. The second kappa shape index (κ2) is 6.77. The second-order valence-corrected chi connectivity index (χ2v) is 5.78. The molecule has 0 spiro atoms. The molecular formula is C15H17ClN2OS. The van der Waals surface area contributed by atoms with Gasteiger partial charge >= 0.3 is 0 Å². The lowest BCUT2D eigenvalue weighted by atomic mass is 10.1. The van der Waals surface area contributed by atoms with Crippen LogP contribution in [0.3, 0.4) is 0 Å². The number of benzene rings is 1. The Kier molecular flexibility index (Phi) is 5.04. The third-order valence-electron chi connectivity index (χ3n) is 3.08. The van der Waals surface area contributed by atoms with Crippen molar-refractivity contribution in [3.63, 3.8) is 0 Å². The van der Waals surface area contributed by atoms with E-state index in [4.69, 9.17) is 11.6 Å². The molecule has 0 bridgehead atoms. The number of anilines is 1. The molecule has 1 amide bonds. The lowest BCUT2D eigenvalue weighted by Crippen LogP contribution is -2.18. The van der Waals surface area contributed by atoms with Crippen molar-refractivity contribution in [1.82, 2.24) is 5.32 Å². The van der Waals surface area contributed by atoms with Gasteiger partial charge in [-0.2, -0.15) is 0 Å². The smallest absolute Gasteiger partial charge is 0.251 e. The quantitative estimate of drug-likeness (QED) is 0.863. The highest BCUT2D eigenvalue weighted by Gasteiger charge is 2.13. The molecule has 0 aliphatic heterocycles. The molecule has 2 N–H and O–H groups in total. The average molecular weight is 309 g/mol. The Labute approximate surface area is 128 Å². The van der Waals surface area contributed by atoms with Crippen LogP contribution in [0.1, 0.15) is 34.6 Å². The van der Waals surface area contributed by atoms with Crippen LogP contribution in [0.4, 0.5) is 5.69 Å². The maximum absolute atomic E-state index is 11.7. The molecule has 2 aromatic rings. The Morgan fingerprint density at radius 1 is 1.40 bits per heavy atom. The van der Waals surface area contributed by atoms with E-state index in [0.717, 1.165) is 12.1 Å². The van der Waals surface area contributed by atoms with Crippen LogP contribution in [0.2, 0.25) is 5.02 Å². The Balaban J connectivity index is 2.25. The zero-order valence-electron chi connectivity index (χ0n) is 11.4. The summed E-state index contributed by atoms with van der Waals surface area (Å²) in [5, 5.41) is 8.71. The van der Waals surface area contributed by atoms with Crippen LogP contribution in [0.25, 0.3) is 0 Å². The lowest BCUT2D eigenvalue weighted by molar-refractivity contribution is 0.0963. The molecule has 0 saturated heterocycles. The van der Waals surface area contributed by atoms with Crippen molar-refractivity contribution < 1.29 is 4.79 Å². The average Bonchev–Trinajstić information content (AvgIpc) is 2.99. The number of halogens is 1. The van der Waals surface area contributed by atoms with Gasteiger partial charge < -0.3 is 10.6 Å². The Morgan fingerprint density at radius 2 is 2.20 bits per heavy atom. The van der Waals surface area contributed by atoms with Crippen LogP contribution in [-0.2, 0) is 0 Å². The van der Waals surface area contributed by atoms with Crippen LogP contribution in [0, 0.1) is 0 Å². The Morgan fingerprint density at radius 3 is 2.80 bits per heavy atom. The molecular weight excluding hydrogens is 292 g/mol. The van der Waals surface area contributed by atoms with E-state index in [0.29, 0.717) is 10.6 Å². The summed E-state index contributed by atoms with van der Waals surface area (Å²) < 4.78 is 0. The van der Waals surface area contributed by atoms with Gasteiger partial charge in [0.1, 0.15) is 0 Å². The molecule has 5 heteroatoms. The fourth-order valence-electron chi connectivity index (χ4n) is 1.97. The van der Waals surface area contributed by atoms with E-state index in [1.54, 1.807) is 36.6 Å². The fraction of sp³-hybridized carbons (Fsp3) is 0.267. The van der Waals surface area contributed by atoms with Crippen molar-refractivity contribution in [2.75, 3.05) is 12.4 Å². The van der Waals surface area contributed by atoms with Crippen molar-refractivity contribution in [2.24, 2.45) is 0 Å². The van der Waals surface area contributed by atoms with E-state index in [2.05, 4.69) is 29.0 Å². The van der Waals surface area contributed by atoms with Gasteiger partial charge in [0.05, 0.1) is 16.8 Å². The van der Waals surface area contributed by atoms with Gasteiger partial charge in [-0.1, -0.05) is 24.6 Å². The molecule has 0 saturated carbocycles. The van der Waals surface area contributed by atoms with E-state index in [1.165, 1.54) is 4.88 Å². The van der Waals surface area contributed by atoms with Crippen LogP contribution in [0.5, 0.6) is 0 Å². The summed E-state index contributed by atoms with van der Waals surface area (Å²) in [4.78, 5) is 12.9. The third-order valence-corrected chi connectivity index (χ3v) is 4.40. The first kappa shape index (κ1) is 14.9. The van der Waals surface area contributed by atoms with E-state index >= 15 is 0 Å². The summed E-state index contributed by atoms with van der Waals surface area (Å²) >= 11 is 7.93. The molecule has 0 radical (unpaired) electrons. The normalized spacial score (nSPS) is 11.9. The predicted molar refractivity (Wildman–Crippen MR) is 85.8 cm³/mol. The van der Waals surface area contributed by atoms with Gasteiger partial charge in [0.25, 0.3) is 5.91 Å². The maximum atomic E-state index is 11.7. The number of carbonyl (C=O) groups is 1.